The van der Waals surface area contributed by atoms with E-state index in [0.29, 0.717) is 10.2 Å². The maximum absolute atomic E-state index is 13.4. The van der Waals surface area contributed by atoms with Crippen molar-refractivity contribution in [1.82, 2.24) is 24.0 Å². The average molecular weight is 504 g/mol. The van der Waals surface area contributed by atoms with Crippen LogP contribution in [-0.4, -0.2) is 56.9 Å². The number of aromatic nitrogens is 4. The Morgan fingerprint density at radius 1 is 1.03 bits per heavy atom. The molecule has 2 aromatic carbocycles. The number of benzene rings is 2. The zero-order valence-corrected chi connectivity index (χ0v) is 20.8. The number of halogens is 1. The van der Waals surface area contributed by atoms with Gasteiger partial charge in [-0.15, -0.1) is 11.3 Å². The predicted molar refractivity (Wildman–Crippen MR) is 141 cm³/mol. The highest BCUT2D eigenvalue weighted by molar-refractivity contribution is 7.22. The Morgan fingerprint density at radius 3 is 2.64 bits per heavy atom. The van der Waals surface area contributed by atoms with Crippen LogP contribution in [0.2, 0.25) is 0 Å². The smallest absolute Gasteiger partial charge is 0.275 e. The molecule has 9 heteroatoms. The number of imidazole rings is 1. The zero-order valence-electron chi connectivity index (χ0n) is 20.0. The summed E-state index contributed by atoms with van der Waals surface area (Å²) in [5, 5.41) is 0. The molecule has 0 saturated carbocycles. The fourth-order valence-electron chi connectivity index (χ4n) is 4.80. The van der Waals surface area contributed by atoms with Crippen LogP contribution in [0.25, 0.3) is 37.4 Å². The minimum Gasteiger partial charge on any atom is -0.379 e. The molecule has 7 nitrogen and oxygen atoms in total. The van der Waals surface area contributed by atoms with Gasteiger partial charge in [0.25, 0.3) is 5.56 Å². The quantitative estimate of drug-likeness (QED) is 0.338. The molecule has 0 spiro atoms. The third-order valence-corrected chi connectivity index (χ3v) is 7.89. The van der Waals surface area contributed by atoms with E-state index in [-0.39, 0.29) is 11.4 Å². The Labute approximate surface area is 211 Å². The summed E-state index contributed by atoms with van der Waals surface area (Å²) in [4.78, 5) is 26.0. The van der Waals surface area contributed by atoms with Crippen LogP contribution in [0.1, 0.15) is 12.2 Å². The maximum atomic E-state index is 13.4. The summed E-state index contributed by atoms with van der Waals surface area (Å²) in [7, 11) is 0. The van der Waals surface area contributed by atoms with Gasteiger partial charge in [0, 0.05) is 31.1 Å². The summed E-state index contributed by atoms with van der Waals surface area (Å²) in [5.41, 5.74) is 4.04. The maximum Gasteiger partial charge on any atom is 0.275 e. The highest BCUT2D eigenvalue weighted by Gasteiger charge is 2.15. The number of fused-ring (bicyclic) bond motifs is 2. The number of rotatable bonds is 6. The number of hydrogen-bond acceptors (Lipinski definition) is 6. The number of thiophene rings is 1. The summed E-state index contributed by atoms with van der Waals surface area (Å²) in [6.45, 7) is 7.59. The van der Waals surface area contributed by atoms with Crippen LogP contribution < -0.4 is 5.56 Å². The number of hydrogen-bond donors (Lipinski definition) is 0. The van der Waals surface area contributed by atoms with Crippen molar-refractivity contribution in [3.05, 3.63) is 76.9 Å². The fraction of sp³-hybridized carbons (Fsp3) is 0.296. The molecule has 3 aromatic heterocycles. The Morgan fingerprint density at radius 2 is 1.83 bits per heavy atom. The van der Waals surface area contributed by atoms with Crippen LogP contribution in [0.15, 0.2) is 59.7 Å². The van der Waals surface area contributed by atoms with Crippen LogP contribution in [0, 0.1) is 12.7 Å². The first-order valence-corrected chi connectivity index (χ1v) is 12.9. The second kappa shape index (κ2) is 9.57. The summed E-state index contributed by atoms with van der Waals surface area (Å²) < 4.78 is 23.1. The van der Waals surface area contributed by atoms with Crippen molar-refractivity contribution >= 4 is 32.6 Å². The molecule has 1 aliphatic rings. The normalized spacial score (nSPS) is 14.7. The first-order valence-electron chi connectivity index (χ1n) is 12.1. The molecule has 1 fully saturated rings. The lowest BCUT2D eigenvalue weighted by Gasteiger charge is -2.26. The summed E-state index contributed by atoms with van der Waals surface area (Å²) in [5.74, 6) is 0.678. The topological polar surface area (TPSA) is 65.2 Å². The lowest BCUT2D eigenvalue weighted by atomic mass is 10.2. The Balaban J connectivity index is 1.28. The van der Waals surface area contributed by atoms with E-state index in [4.69, 9.17) is 9.72 Å². The lowest BCUT2D eigenvalue weighted by molar-refractivity contribution is 0.0369. The van der Waals surface area contributed by atoms with E-state index in [1.54, 1.807) is 23.0 Å². The monoisotopic (exact) mass is 503 g/mol. The van der Waals surface area contributed by atoms with Gasteiger partial charge in [-0.2, -0.15) is 0 Å². The van der Waals surface area contributed by atoms with Crippen molar-refractivity contribution < 1.29 is 9.13 Å². The molecule has 0 amide bonds. The number of aryl methyl sites for hydroxylation is 2. The molecular formula is C27H26FN5O2S. The molecule has 0 radical (unpaired) electrons. The third kappa shape index (κ3) is 4.34. The predicted octanol–water partition coefficient (Wildman–Crippen LogP) is 4.63. The van der Waals surface area contributed by atoms with E-state index < -0.39 is 0 Å². The summed E-state index contributed by atoms with van der Waals surface area (Å²) >= 11 is 1.37. The molecule has 1 aliphatic heterocycles. The number of morpholine rings is 1. The second-order valence-corrected chi connectivity index (χ2v) is 10.1. The molecule has 4 heterocycles. The van der Waals surface area contributed by atoms with E-state index in [1.807, 2.05) is 31.2 Å². The van der Waals surface area contributed by atoms with Crippen molar-refractivity contribution in [2.45, 2.75) is 19.9 Å². The van der Waals surface area contributed by atoms with Gasteiger partial charge in [0.15, 0.2) is 0 Å². The van der Waals surface area contributed by atoms with E-state index in [0.717, 1.165) is 78.8 Å². The van der Waals surface area contributed by atoms with Crippen molar-refractivity contribution in [1.29, 1.82) is 0 Å². The molecule has 0 aliphatic carbocycles. The first-order chi connectivity index (χ1) is 17.6. The van der Waals surface area contributed by atoms with Crippen LogP contribution in [0.4, 0.5) is 4.39 Å². The first kappa shape index (κ1) is 23.0. The Kier molecular flexibility index (Phi) is 6.12. The van der Waals surface area contributed by atoms with Gasteiger partial charge in [-0.05, 0) is 55.3 Å². The minimum absolute atomic E-state index is 0.126. The van der Waals surface area contributed by atoms with E-state index in [1.165, 1.54) is 23.5 Å². The Bertz CT molecular complexity index is 1600. The van der Waals surface area contributed by atoms with Gasteiger partial charge in [-0.1, -0.05) is 12.1 Å². The van der Waals surface area contributed by atoms with Gasteiger partial charge >= 0.3 is 0 Å². The van der Waals surface area contributed by atoms with Gasteiger partial charge < -0.3 is 9.30 Å². The average Bonchev–Trinajstić information content (AvgIpc) is 3.46. The van der Waals surface area contributed by atoms with E-state index in [2.05, 4.69) is 14.5 Å². The van der Waals surface area contributed by atoms with E-state index >= 15 is 0 Å². The van der Waals surface area contributed by atoms with Gasteiger partial charge in [0.2, 0.25) is 0 Å². The van der Waals surface area contributed by atoms with Gasteiger partial charge in [-0.3, -0.25) is 14.3 Å². The minimum atomic E-state index is -0.287. The molecule has 5 aromatic rings. The van der Waals surface area contributed by atoms with Gasteiger partial charge in [0.05, 0.1) is 35.5 Å². The number of ether oxygens (including phenoxy) is 1. The molecule has 6 rings (SSSR count). The van der Waals surface area contributed by atoms with Crippen LogP contribution in [0.5, 0.6) is 0 Å². The zero-order chi connectivity index (χ0) is 24.6. The summed E-state index contributed by atoms with van der Waals surface area (Å²) in [6.07, 6.45) is 2.61. The highest BCUT2D eigenvalue weighted by atomic mass is 32.1. The van der Waals surface area contributed by atoms with Gasteiger partial charge in [0.1, 0.15) is 22.7 Å². The van der Waals surface area contributed by atoms with Crippen molar-refractivity contribution in [2.75, 3.05) is 32.8 Å². The second-order valence-electron chi connectivity index (χ2n) is 9.04. The third-order valence-electron chi connectivity index (χ3n) is 6.73. The number of nitrogens with zero attached hydrogens (tertiary/aromatic N) is 5. The fourth-order valence-corrected chi connectivity index (χ4v) is 5.85. The largest absolute Gasteiger partial charge is 0.379 e. The van der Waals surface area contributed by atoms with Crippen LogP contribution in [0.3, 0.4) is 0 Å². The van der Waals surface area contributed by atoms with Crippen molar-refractivity contribution in [2.24, 2.45) is 0 Å². The molecule has 36 heavy (non-hydrogen) atoms. The highest BCUT2D eigenvalue weighted by Crippen LogP contribution is 2.31. The lowest BCUT2D eigenvalue weighted by Crippen LogP contribution is -2.37. The van der Waals surface area contributed by atoms with Crippen LogP contribution in [-0.2, 0) is 11.3 Å². The molecule has 184 valence electrons. The summed E-state index contributed by atoms with van der Waals surface area (Å²) in [6, 6.07) is 14.1. The van der Waals surface area contributed by atoms with Crippen molar-refractivity contribution in [3.8, 4) is 16.1 Å². The van der Waals surface area contributed by atoms with E-state index in [9.17, 15) is 9.18 Å². The van der Waals surface area contributed by atoms with Gasteiger partial charge in [-0.25, -0.2) is 14.4 Å². The molecule has 0 atom stereocenters. The van der Waals surface area contributed by atoms with Crippen LogP contribution >= 0.6 is 11.3 Å². The molecular weight excluding hydrogens is 477 g/mol. The SMILES string of the molecule is Cc1nc2cc(-n3cnc4cc(-c5ccc(F)cc5)sc4c3=O)ccc2n1CCCN1CCOCC1. The molecule has 0 bridgehead atoms. The standard InChI is InChI=1S/C27H26FN5O2S/c1-18-30-22-15-21(7-8-24(22)32(18)10-2-9-31-11-13-35-14-12-31)33-17-29-23-16-25(36-26(23)27(33)34)19-3-5-20(28)6-4-19/h3-8,15-17H,2,9-14H2,1H3. The molecule has 0 unspecified atom stereocenters. The van der Waals surface area contributed by atoms with Crippen molar-refractivity contribution in [3.63, 3.8) is 0 Å². The molecule has 0 N–H and O–H groups in total. The molecule has 1 saturated heterocycles. The Hall–Kier alpha value is -3.40.